The van der Waals surface area contributed by atoms with E-state index in [0.29, 0.717) is 19.6 Å². The molecule has 0 aliphatic rings. The number of thioether (sulfide) groups is 1. The van der Waals surface area contributed by atoms with E-state index in [9.17, 15) is 9.59 Å². The molecule has 3 aromatic rings. The molecule has 6 nitrogen and oxygen atoms in total. The molecule has 0 amide bonds. The van der Waals surface area contributed by atoms with Gasteiger partial charge in [0.2, 0.25) is 0 Å². The average Bonchev–Trinajstić information content (AvgIpc) is 2.91. The molecular weight excluding hydrogens is 488 g/mol. The minimum absolute atomic E-state index is 0.0275. The average molecular weight is 521 g/mol. The number of unbranched alkanes of at least 4 members (excludes halogenated alkanes) is 1. The van der Waals surface area contributed by atoms with Gasteiger partial charge in [-0.3, -0.25) is 4.79 Å². The molecular formula is C30H32O6S. The molecule has 0 saturated carbocycles. The van der Waals surface area contributed by atoms with E-state index in [1.54, 1.807) is 24.3 Å². The maximum absolute atomic E-state index is 11.1. The van der Waals surface area contributed by atoms with Crippen molar-refractivity contribution in [3.63, 3.8) is 0 Å². The Labute approximate surface area is 221 Å². The minimum Gasteiger partial charge on any atom is -0.494 e. The third kappa shape index (κ3) is 10.8. The van der Waals surface area contributed by atoms with Gasteiger partial charge in [0, 0.05) is 16.6 Å². The van der Waals surface area contributed by atoms with Crippen molar-refractivity contribution >= 4 is 23.7 Å². The number of aliphatic carboxylic acids is 1. The molecule has 37 heavy (non-hydrogen) atoms. The molecule has 0 spiro atoms. The van der Waals surface area contributed by atoms with Gasteiger partial charge in [0.15, 0.2) is 0 Å². The molecule has 0 aliphatic carbocycles. The van der Waals surface area contributed by atoms with Crippen LogP contribution in [0, 0.1) is 0 Å². The van der Waals surface area contributed by atoms with Crippen molar-refractivity contribution in [1.82, 2.24) is 0 Å². The first kappa shape index (κ1) is 27.9. The summed E-state index contributed by atoms with van der Waals surface area (Å²) in [4.78, 5) is 23.0. The third-order valence-electron chi connectivity index (χ3n) is 5.48. The second kappa shape index (κ2) is 15.4. The second-order valence-electron chi connectivity index (χ2n) is 8.41. The number of para-hydroxylation sites is 1. The van der Waals surface area contributed by atoms with Crippen LogP contribution in [-0.2, 0) is 11.2 Å². The van der Waals surface area contributed by atoms with Gasteiger partial charge in [0.05, 0.1) is 18.8 Å². The van der Waals surface area contributed by atoms with E-state index in [1.807, 2.05) is 66.7 Å². The Balaban J connectivity index is 1.41. The van der Waals surface area contributed by atoms with Crippen LogP contribution >= 0.6 is 11.8 Å². The highest BCUT2D eigenvalue weighted by Crippen LogP contribution is 2.28. The number of hydrogen-bond donors (Lipinski definition) is 2. The Morgan fingerprint density at radius 1 is 0.811 bits per heavy atom. The van der Waals surface area contributed by atoms with Crippen LogP contribution in [0.3, 0.4) is 0 Å². The SMILES string of the molecule is O=C(O)CCC(C=CCc1ccc(OCCCCOc2ccccc2)cc1)Sc1ccc(C(=O)O)cc1. The van der Waals surface area contributed by atoms with Gasteiger partial charge in [-0.1, -0.05) is 42.5 Å². The monoisotopic (exact) mass is 520 g/mol. The summed E-state index contributed by atoms with van der Waals surface area (Å²) in [6.07, 6.45) is 7.18. The molecule has 0 heterocycles. The van der Waals surface area contributed by atoms with Gasteiger partial charge in [-0.15, -0.1) is 11.8 Å². The van der Waals surface area contributed by atoms with Crippen molar-refractivity contribution < 1.29 is 29.3 Å². The maximum Gasteiger partial charge on any atom is 0.335 e. The van der Waals surface area contributed by atoms with Gasteiger partial charge in [0.1, 0.15) is 11.5 Å². The van der Waals surface area contributed by atoms with Gasteiger partial charge < -0.3 is 19.7 Å². The lowest BCUT2D eigenvalue weighted by molar-refractivity contribution is -0.137. The van der Waals surface area contributed by atoms with Crippen LogP contribution in [0.15, 0.2) is 95.9 Å². The molecule has 0 saturated heterocycles. The maximum atomic E-state index is 11.1. The van der Waals surface area contributed by atoms with Crippen LogP contribution in [0.1, 0.15) is 41.6 Å². The van der Waals surface area contributed by atoms with Crippen LogP contribution in [0.25, 0.3) is 0 Å². The molecule has 1 atom stereocenters. The molecule has 2 N–H and O–H groups in total. The fourth-order valence-electron chi connectivity index (χ4n) is 3.49. The Kier molecular flexibility index (Phi) is 11.6. The van der Waals surface area contributed by atoms with E-state index < -0.39 is 11.9 Å². The zero-order valence-electron chi connectivity index (χ0n) is 20.6. The summed E-state index contributed by atoms with van der Waals surface area (Å²) in [6.45, 7) is 1.30. The Bertz CT molecular complexity index is 1130. The number of carboxylic acid groups (broad SMARTS) is 2. The van der Waals surface area contributed by atoms with Crippen molar-refractivity contribution in [1.29, 1.82) is 0 Å². The van der Waals surface area contributed by atoms with Crippen molar-refractivity contribution in [3.05, 3.63) is 102 Å². The van der Waals surface area contributed by atoms with Crippen molar-refractivity contribution in [2.24, 2.45) is 0 Å². The smallest absolute Gasteiger partial charge is 0.335 e. The van der Waals surface area contributed by atoms with Crippen molar-refractivity contribution in [3.8, 4) is 11.5 Å². The lowest BCUT2D eigenvalue weighted by atomic mass is 10.1. The first-order valence-electron chi connectivity index (χ1n) is 12.3. The lowest BCUT2D eigenvalue weighted by Gasteiger charge is -2.12. The number of hydrogen-bond acceptors (Lipinski definition) is 5. The van der Waals surface area contributed by atoms with Gasteiger partial charge in [0.25, 0.3) is 0 Å². The molecule has 0 bridgehead atoms. The molecule has 3 aromatic carbocycles. The normalized spacial score (nSPS) is 11.8. The predicted molar refractivity (Wildman–Crippen MR) is 146 cm³/mol. The standard InChI is InChI=1S/C30H32O6S/c31-29(32)20-19-27(37-28-17-13-24(14-18-28)30(33)34)10-6-7-23-11-15-26(16-12-23)36-22-5-4-21-35-25-8-2-1-3-9-25/h1-3,6,8-18,27H,4-5,7,19-22H2,(H,31,32)(H,33,34). The molecule has 0 radical (unpaired) electrons. The fourth-order valence-corrected chi connectivity index (χ4v) is 4.56. The zero-order valence-corrected chi connectivity index (χ0v) is 21.4. The summed E-state index contributed by atoms with van der Waals surface area (Å²) >= 11 is 1.53. The van der Waals surface area contributed by atoms with E-state index in [-0.39, 0.29) is 17.2 Å². The largest absolute Gasteiger partial charge is 0.494 e. The third-order valence-corrected chi connectivity index (χ3v) is 6.72. The highest BCUT2D eigenvalue weighted by atomic mass is 32.2. The Morgan fingerprint density at radius 2 is 1.43 bits per heavy atom. The lowest BCUT2D eigenvalue weighted by Crippen LogP contribution is -2.04. The summed E-state index contributed by atoms with van der Waals surface area (Å²) in [5.74, 6) is -0.0890. The molecule has 0 aliphatic heterocycles. The molecule has 7 heteroatoms. The number of benzene rings is 3. The van der Waals surface area contributed by atoms with E-state index >= 15 is 0 Å². The molecule has 1 unspecified atom stereocenters. The van der Waals surface area contributed by atoms with E-state index in [0.717, 1.165) is 41.2 Å². The fraction of sp³-hybridized carbons (Fsp3) is 0.267. The van der Waals surface area contributed by atoms with Gasteiger partial charge in [-0.25, -0.2) is 4.79 Å². The Morgan fingerprint density at radius 3 is 2.03 bits per heavy atom. The van der Waals surface area contributed by atoms with Crippen LogP contribution in [0.4, 0.5) is 0 Å². The number of carboxylic acids is 2. The number of rotatable bonds is 16. The number of carbonyl (C=O) groups is 2. The van der Waals surface area contributed by atoms with Gasteiger partial charge in [-0.05, 0) is 79.8 Å². The van der Waals surface area contributed by atoms with Crippen molar-refractivity contribution in [2.45, 2.75) is 42.2 Å². The van der Waals surface area contributed by atoms with Crippen molar-refractivity contribution in [2.75, 3.05) is 13.2 Å². The van der Waals surface area contributed by atoms with E-state index in [2.05, 4.69) is 0 Å². The zero-order chi connectivity index (χ0) is 26.3. The van der Waals surface area contributed by atoms with Gasteiger partial charge >= 0.3 is 11.9 Å². The minimum atomic E-state index is -0.969. The van der Waals surface area contributed by atoms with Gasteiger partial charge in [-0.2, -0.15) is 0 Å². The van der Waals surface area contributed by atoms with E-state index in [4.69, 9.17) is 19.7 Å². The summed E-state index contributed by atoms with van der Waals surface area (Å²) in [6, 6.07) is 24.4. The van der Waals surface area contributed by atoms with Crippen LogP contribution in [0.2, 0.25) is 0 Å². The topological polar surface area (TPSA) is 93.1 Å². The predicted octanol–water partition coefficient (Wildman–Crippen LogP) is 6.75. The molecule has 0 aromatic heterocycles. The number of aromatic carboxylic acids is 1. The summed E-state index contributed by atoms with van der Waals surface area (Å²) in [7, 11) is 0. The highest BCUT2D eigenvalue weighted by Gasteiger charge is 2.11. The summed E-state index contributed by atoms with van der Waals surface area (Å²) in [5, 5.41) is 18.1. The van der Waals surface area contributed by atoms with Crippen LogP contribution in [-0.4, -0.2) is 40.6 Å². The first-order valence-corrected chi connectivity index (χ1v) is 13.2. The highest BCUT2D eigenvalue weighted by molar-refractivity contribution is 8.00. The molecule has 3 rings (SSSR count). The van der Waals surface area contributed by atoms with Crippen LogP contribution in [0.5, 0.6) is 11.5 Å². The Hall–Kier alpha value is -3.71. The molecule has 0 fully saturated rings. The summed E-state index contributed by atoms with van der Waals surface area (Å²) in [5.41, 5.74) is 1.36. The quantitative estimate of drug-likeness (QED) is 0.123. The molecule has 194 valence electrons. The first-order chi connectivity index (χ1) is 18.0. The number of ether oxygens (including phenoxy) is 2. The second-order valence-corrected chi connectivity index (χ2v) is 9.72. The summed E-state index contributed by atoms with van der Waals surface area (Å²) < 4.78 is 11.5. The van der Waals surface area contributed by atoms with Crippen LogP contribution < -0.4 is 9.47 Å². The number of allylic oxidation sites excluding steroid dienone is 1. The van der Waals surface area contributed by atoms with E-state index in [1.165, 1.54) is 11.8 Å².